The van der Waals surface area contributed by atoms with Gasteiger partial charge in [-0.1, -0.05) is 12.2 Å². The fourth-order valence-corrected chi connectivity index (χ4v) is 3.57. The van der Waals surface area contributed by atoms with Crippen molar-refractivity contribution in [3.05, 3.63) is 12.2 Å². The van der Waals surface area contributed by atoms with Gasteiger partial charge in [-0.15, -0.1) is 0 Å². The number of hydrogen-bond donors (Lipinski definition) is 1. The molecule has 0 spiro atoms. The summed E-state index contributed by atoms with van der Waals surface area (Å²) in [6, 6.07) is 0. The topological polar surface area (TPSA) is 74.7 Å². The molecule has 2 amide bonds. The first-order valence-electron chi connectivity index (χ1n) is 6.35. The molecule has 4 atom stereocenters. The van der Waals surface area contributed by atoms with E-state index in [1.165, 1.54) is 4.90 Å². The Morgan fingerprint density at radius 3 is 2.28 bits per heavy atom. The molecule has 3 rings (SSSR count). The summed E-state index contributed by atoms with van der Waals surface area (Å²) >= 11 is 0. The molecule has 1 saturated heterocycles. The predicted octanol–water partition coefficient (Wildman–Crippen LogP) is 0.658. The summed E-state index contributed by atoms with van der Waals surface area (Å²) in [5, 5.41) is 8.58. The number of carbonyl (C=O) groups excluding carboxylic acids is 2. The maximum absolute atomic E-state index is 12.2. The van der Waals surface area contributed by atoms with Crippen molar-refractivity contribution in [3.63, 3.8) is 0 Å². The van der Waals surface area contributed by atoms with Gasteiger partial charge < -0.3 is 5.11 Å². The van der Waals surface area contributed by atoms with Gasteiger partial charge in [-0.25, -0.2) is 0 Å². The van der Waals surface area contributed by atoms with Crippen molar-refractivity contribution in [2.24, 2.45) is 23.7 Å². The van der Waals surface area contributed by atoms with E-state index < -0.39 is 5.97 Å². The highest BCUT2D eigenvalue weighted by molar-refractivity contribution is 6.06. The largest absolute Gasteiger partial charge is 0.481 e. The SMILES string of the molecule is O=C(O)CCCN1C(=O)[C@H]2[C@H](C1=O)[C@H]1C=C[C@@H]2C1. The second kappa shape index (κ2) is 3.93. The number of allylic oxidation sites excluding steroid dienone is 2. The Bertz CT molecular complexity index is 426. The Balaban J connectivity index is 1.70. The first-order valence-corrected chi connectivity index (χ1v) is 6.35. The van der Waals surface area contributed by atoms with Crippen molar-refractivity contribution in [1.29, 1.82) is 0 Å². The van der Waals surface area contributed by atoms with Crippen molar-refractivity contribution in [3.8, 4) is 0 Å². The molecule has 2 aliphatic carbocycles. The molecule has 1 N–H and O–H groups in total. The van der Waals surface area contributed by atoms with Crippen LogP contribution in [0.5, 0.6) is 0 Å². The molecule has 1 saturated carbocycles. The van der Waals surface area contributed by atoms with Gasteiger partial charge in [0, 0.05) is 13.0 Å². The van der Waals surface area contributed by atoms with Crippen LogP contribution in [-0.4, -0.2) is 34.3 Å². The molecule has 18 heavy (non-hydrogen) atoms. The number of aliphatic carboxylic acids is 1. The minimum absolute atomic E-state index is 0.00248. The minimum Gasteiger partial charge on any atom is -0.481 e. The van der Waals surface area contributed by atoms with E-state index in [1.807, 2.05) is 0 Å². The third-order valence-corrected chi connectivity index (χ3v) is 4.33. The lowest BCUT2D eigenvalue weighted by Gasteiger charge is -2.16. The summed E-state index contributed by atoms with van der Waals surface area (Å²) in [5.41, 5.74) is 0. The number of carboxylic acids is 1. The van der Waals surface area contributed by atoms with Crippen LogP contribution in [0.4, 0.5) is 0 Å². The third kappa shape index (κ3) is 1.50. The number of rotatable bonds is 4. The molecule has 1 aliphatic heterocycles. The number of amides is 2. The zero-order valence-electron chi connectivity index (χ0n) is 9.91. The van der Waals surface area contributed by atoms with Gasteiger partial charge in [0.05, 0.1) is 11.8 Å². The minimum atomic E-state index is -0.893. The van der Waals surface area contributed by atoms with Gasteiger partial charge >= 0.3 is 5.97 Å². The van der Waals surface area contributed by atoms with Crippen molar-refractivity contribution >= 4 is 17.8 Å². The van der Waals surface area contributed by atoms with Crippen LogP contribution in [0.15, 0.2) is 12.2 Å². The summed E-state index contributed by atoms with van der Waals surface area (Å²) in [4.78, 5) is 36.1. The van der Waals surface area contributed by atoms with Crippen LogP contribution in [0.3, 0.4) is 0 Å². The summed E-state index contributed by atoms with van der Waals surface area (Å²) in [6.45, 7) is 0.246. The molecular formula is C13H15NO4. The average molecular weight is 249 g/mol. The summed E-state index contributed by atoms with van der Waals surface area (Å²) in [7, 11) is 0. The lowest BCUT2D eigenvalue weighted by Crippen LogP contribution is -2.34. The maximum atomic E-state index is 12.2. The molecule has 5 heteroatoms. The molecule has 0 radical (unpaired) electrons. The molecule has 3 aliphatic rings. The smallest absolute Gasteiger partial charge is 0.303 e. The predicted molar refractivity (Wildman–Crippen MR) is 61.3 cm³/mol. The number of carbonyl (C=O) groups is 3. The van der Waals surface area contributed by atoms with E-state index in [4.69, 9.17) is 5.11 Å². The number of fused-ring (bicyclic) bond motifs is 5. The number of hydrogen-bond acceptors (Lipinski definition) is 3. The molecule has 5 nitrogen and oxygen atoms in total. The Morgan fingerprint density at radius 2 is 1.78 bits per heavy atom. The van der Waals surface area contributed by atoms with E-state index in [-0.39, 0.29) is 48.5 Å². The van der Waals surface area contributed by atoms with E-state index >= 15 is 0 Å². The first-order chi connectivity index (χ1) is 8.59. The van der Waals surface area contributed by atoms with Crippen LogP contribution in [0.25, 0.3) is 0 Å². The highest BCUT2D eigenvalue weighted by Crippen LogP contribution is 2.52. The summed E-state index contributed by atoms with van der Waals surface area (Å²) in [5.74, 6) is -0.966. The summed E-state index contributed by atoms with van der Waals surface area (Å²) in [6.07, 6.45) is 5.37. The van der Waals surface area contributed by atoms with E-state index in [0.717, 1.165) is 6.42 Å². The van der Waals surface area contributed by atoms with Crippen LogP contribution in [0, 0.1) is 23.7 Å². The Kier molecular flexibility index (Phi) is 2.50. The number of carboxylic acid groups (broad SMARTS) is 1. The van der Waals surface area contributed by atoms with E-state index in [0.29, 0.717) is 6.42 Å². The zero-order chi connectivity index (χ0) is 12.9. The monoisotopic (exact) mass is 249 g/mol. The molecule has 2 bridgehead atoms. The van der Waals surface area contributed by atoms with Crippen molar-refractivity contribution < 1.29 is 19.5 Å². The van der Waals surface area contributed by atoms with Crippen LogP contribution in [0.1, 0.15) is 19.3 Å². The molecule has 96 valence electrons. The Morgan fingerprint density at radius 1 is 1.22 bits per heavy atom. The lowest BCUT2D eigenvalue weighted by atomic mass is 9.85. The molecule has 0 unspecified atom stereocenters. The zero-order valence-corrected chi connectivity index (χ0v) is 9.91. The number of likely N-dealkylation sites (tertiary alicyclic amines) is 1. The van der Waals surface area contributed by atoms with Gasteiger partial charge in [-0.05, 0) is 24.7 Å². The molecule has 2 fully saturated rings. The van der Waals surface area contributed by atoms with E-state index in [1.54, 1.807) is 0 Å². The number of imide groups is 1. The second-order valence-electron chi connectivity index (χ2n) is 5.33. The molecular weight excluding hydrogens is 234 g/mol. The Hall–Kier alpha value is -1.65. The van der Waals surface area contributed by atoms with Crippen LogP contribution < -0.4 is 0 Å². The molecule has 1 heterocycles. The average Bonchev–Trinajstić information content (AvgIpc) is 2.97. The molecule has 0 aromatic heterocycles. The van der Waals surface area contributed by atoms with Crippen molar-refractivity contribution in [1.82, 2.24) is 4.90 Å². The highest BCUT2D eigenvalue weighted by atomic mass is 16.4. The third-order valence-electron chi connectivity index (χ3n) is 4.33. The van der Waals surface area contributed by atoms with Crippen LogP contribution >= 0.6 is 0 Å². The van der Waals surface area contributed by atoms with Gasteiger partial charge in [0.1, 0.15) is 0 Å². The van der Waals surface area contributed by atoms with Crippen molar-refractivity contribution in [2.45, 2.75) is 19.3 Å². The van der Waals surface area contributed by atoms with Gasteiger partial charge in [-0.2, -0.15) is 0 Å². The van der Waals surface area contributed by atoms with Gasteiger partial charge in [0.25, 0.3) is 0 Å². The van der Waals surface area contributed by atoms with Crippen LogP contribution in [-0.2, 0) is 14.4 Å². The Labute approximate surface area is 104 Å². The quantitative estimate of drug-likeness (QED) is 0.586. The van der Waals surface area contributed by atoms with E-state index in [2.05, 4.69) is 12.2 Å². The fourth-order valence-electron chi connectivity index (χ4n) is 3.57. The lowest BCUT2D eigenvalue weighted by molar-refractivity contribution is -0.142. The van der Waals surface area contributed by atoms with Crippen molar-refractivity contribution in [2.75, 3.05) is 6.54 Å². The molecule has 0 aromatic rings. The molecule has 0 aromatic carbocycles. The summed E-state index contributed by atoms with van der Waals surface area (Å²) < 4.78 is 0. The van der Waals surface area contributed by atoms with Crippen LogP contribution in [0.2, 0.25) is 0 Å². The maximum Gasteiger partial charge on any atom is 0.303 e. The van der Waals surface area contributed by atoms with Gasteiger partial charge in [-0.3, -0.25) is 19.3 Å². The first kappa shape index (κ1) is 11.4. The second-order valence-corrected chi connectivity index (χ2v) is 5.33. The highest BCUT2D eigenvalue weighted by Gasteiger charge is 2.58. The van der Waals surface area contributed by atoms with E-state index in [9.17, 15) is 14.4 Å². The van der Waals surface area contributed by atoms with Gasteiger partial charge in [0.15, 0.2) is 0 Å². The van der Waals surface area contributed by atoms with Gasteiger partial charge in [0.2, 0.25) is 11.8 Å². The number of nitrogens with zero attached hydrogens (tertiary/aromatic N) is 1. The normalized spacial score (nSPS) is 36.6. The standard InChI is InChI=1S/C13H15NO4/c15-9(16)2-1-5-14-12(17)10-7-3-4-8(6-7)11(10)13(14)18/h3-4,7-8,10-11H,1-2,5-6H2,(H,15,16)/t7-,8+,10-,11-/m1/s1. The fraction of sp³-hybridized carbons (Fsp3) is 0.615.